The average molecular weight is 306 g/mol. The molecule has 1 aromatic carbocycles. The number of nitrogens with zero attached hydrogens (tertiary/aromatic N) is 1. The van der Waals surface area contributed by atoms with Crippen LogP contribution >= 0.6 is 0 Å². The predicted molar refractivity (Wildman–Crippen MR) is 81.9 cm³/mol. The number of methoxy groups -OCH3 is 1. The Morgan fingerprint density at radius 1 is 1.41 bits per heavy atom. The van der Waals surface area contributed by atoms with Crippen LogP contribution in [0, 0.1) is 5.92 Å². The predicted octanol–water partition coefficient (Wildman–Crippen LogP) is 1.15. The van der Waals surface area contributed by atoms with Gasteiger partial charge in [0.25, 0.3) is 5.91 Å². The van der Waals surface area contributed by atoms with Crippen LogP contribution in [0.4, 0.5) is 0 Å². The van der Waals surface area contributed by atoms with Crippen molar-refractivity contribution in [3.8, 4) is 17.2 Å². The molecule has 3 rings (SSSR count). The largest absolute Gasteiger partial charge is 0.493 e. The van der Waals surface area contributed by atoms with Crippen LogP contribution in [0.5, 0.6) is 17.2 Å². The number of hydrogen-bond acceptors (Lipinski definition) is 5. The minimum absolute atomic E-state index is 0.0221. The number of nitrogens with one attached hydrogen (secondary N) is 1. The second kappa shape index (κ2) is 6.44. The first kappa shape index (κ1) is 15.0. The number of carbonyl (C=O) groups excluding carboxylic acids is 1. The molecule has 22 heavy (non-hydrogen) atoms. The van der Waals surface area contributed by atoms with Gasteiger partial charge in [-0.2, -0.15) is 0 Å². The van der Waals surface area contributed by atoms with E-state index in [4.69, 9.17) is 14.2 Å². The zero-order valence-corrected chi connectivity index (χ0v) is 13.1. The molecule has 0 saturated carbocycles. The molecule has 0 aromatic heterocycles. The van der Waals surface area contributed by atoms with E-state index in [-0.39, 0.29) is 5.91 Å². The van der Waals surface area contributed by atoms with Crippen molar-refractivity contribution in [3.05, 3.63) is 17.7 Å². The van der Waals surface area contributed by atoms with E-state index in [2.05, 4.69) is 5.32 Å². The quantitative estimate of drug-likeness (QED) is 0.904. The SMILES string of the molecule is CNCC1CCN(C(=O)c2cc(OC)c3c(c2)OCCO3)C1. The fourth-order valence-corrected chi connectivity index (χ4v) is 3.05. The Morgan fingerprint density at radius 3 is 3.00 bits per heavy atom. The molecule has 1 fully saturated rings. The molecule has 2 aliphatic heterocycles. The van der Waals surface area contributed by atoms with Gasteiger partial charge in [-0.1, -0.05) is 0 Å². The van der Waals surface area contributed by atoms with Crippen LogP contribution in [0.15, 0.2) is 12.1 Å². The molecule has 1 saturated heterocycles. The highest BCUT2D eigenvalue weighted by atomic mass is 16.6. The Labute approximate surface area is 130 Å². The van der Waals surface area contributed by atoms with Crippen molar-refractivity contribution in [1.82, 2.24) is 10.2 Å². The first-order valence-corrected chi connectivity index (χ1v) is 7.64. The molecule has 6 nitrogen and oxygen atoms in total. The molecule has 2 heterocycles. The maximum Gasteiger partial charge on any atom is 0.254 e. The number of ether oxygens (including phenoxy) is 3. The summed E-state index contributed by atoms with van der Waals surface area (Å²) in [6.45, 7) is 3.50. The standard InChI is InChI=1S/C16H22N2O4/c1-17-9-11-3-4-18(10-11)16(19)12-7-13(20-2)15-14(8-12)21-5-6-22-15/h7-8,11,17H,3-6,9-10H2,1-2H3. The second-order valence-corrected chi connectivity index (χ2v) is 5.67. The summed E-state index contributed by atoms with van der Waals surface area (Å²) in [5.41, 5.74) is 0.589. The minimum Gasteiger partial charge on any atom is -0.493 e. The third kappa shape index (κ3) is 2.83. The molecule has 2 aliphatic rings. The van der Waals surface area contributed by atoms with Gasteiger partial charge in [0.05, 0.1) is 7.11 Å². The molecule has 1 atom stereocenters. The van der Waals surface area contributed by atoms with Gasteiger partial charge in [-0.15, -0.1) is 0 Å². The number of rotatable bonds is 4. The van der Waals surface area contributed by atoms with Crippen molar-refractivity contribution in [2.75, 3.05) is 47.0 Å². The lowest BCUT2D eigenvalue weighted by Gasteiger charge is -2.23. The summed E-state index contributed by atoms with van der Waals surface area (Å²) in [6, 6.07) is 3.49. The second-order valence-electron chi connectivity index (χ2n) is 5.67. The van der Waals surface area contributed by atoms with Gasteiger partial charge in [-0.3, -0.25) is 4.79 Å². The third-order valence-corrected chi connectivity index (χ3v) is 4.14. The van der Waals surface area contributed by atoms with Gasteiger partial charge in [0.15, 0.2) is 11.5 Å². The Bertz CT molecular complexity index is 544. The maximum absolute atomic E-state index is 12.7. The van der Waals surface area contributed by atoms with Crippen LogP contribution in [0.3, 0.4) is 0 Å². The Balaban J connectivity index is 1.81. The van der Waals surface area contributed by atoms with E-state index in [1.807, 2.05) is 11.9 Å². The summed E-state index contributed by atoms with van der Waals surface area (Å²) in [4.78, 5) is 14.6. The van der Waals surface area contributed by atoms with E-state index in [1.54, 1.807) is 19.2 Å². The highest BCUT2D eigenvalue weighted by Crippen LogP contribution is 2.40. The number of benzene rings is 1. The lowest BCUT2D eigenvalue weighted by molar-refractivity contribution is 0.0785. The summed E-state index contributed by atoms with van der Waals surface area (Å²) >= 11 is 0. The van der Waals surface area contributed by atoms with Gasteiger partial charge in [0, 0.05) is 18.7 Å². The van der Waals surface area contributed by atoms with E-state index in [0.29, 0.717) is 41.9 Å². The van der Waals surface area contributed by atoms with Crippen LogP contribution in [0.25, 0.3) is 0 Å². The Morgan fingerprint density at radius 2 is 2.23 bits per heavy atom. The highest BCUT2D eigenvalue weighted by Gasteiger charge is 2.28. The molecule has 1 amide bonds. The monoisotopic (exact) mass is 306 g/mol. The van der Waals surface area contributed by atoms with E-state index in [0.717, 1.165) is 26.1 Å². The molecule has 0 bridgehead atoms. The van der Waals surface area contributed by atoms with Crippen LogP contribution in [0.2, 0.25) is 0 Å². The molecule has 6 heteroatoms. The summed E-state index contributed by atoms with van der Waals surface area (Å²) < 4.78 is 16.5. The summed E-state index contributed by atoms with van der Waals surface area (Å²) in [5, 5.41) is 3.17. The van der Waals surface area contributed by atoms with Crippen molar-refractivity contribution in [2.45, 2.75) is 6.42 Å². The zero-order valence-electron chi connectivity index (χ0n) is 13.1. The number of carbonyl (C=O) groups is 1. The summed E-state index contributed by atoms with van der Waals surface area (Å²) in [5.74, 6) is 2.26. The van der Waals surface area contributed by atoms with Crippen LogP contribution in [0.1, 0.15) is 16.8 Å². The van der Waals surface area contributed by atoms with Gasteiger partial charge >= 0.3 is 0 Å². The normalized spacial score (nSPS) is 20.1. The van der Waals surface area contributed by atoms with E-state index < -0.39 is 0 Å². The maximum atomic E-state index is 12.7. The molecule has 1 aromatic rings. The van der Waals surface area contributed by atoms with Gasteiger partial charge in [-0.25, -0.2) is 0 Å². The number of amides is 1. The first-order valence-electron chi connectivity index (χ1n) is 7.64. The first-order chi connectivity index (χ1) is 10.7. The fourth-order valence-electron chi connectivity index (χ4n) is 3.05. The Hall–Kier alpha value is -1.95. The lowest BCUT2D eigenvalue weighted by atomic mass is 10.1. The summed E-state index contributed by atoms with van der Waals surface area (Å²) in [7, 11) is 3.51. The lowest BCUT2D eigenvalue weighted by Crippen LogP contribution is -2.30. The Kier molecular flexibility index (Phi) is 4.38. The van der Waals surface area contributed by atoms with Gasteiger partial charge in [-0.05, 0) is 38.1 Å². The summed E-state index contributed by atoms with van der Waals surface area (Å²) in [6.07, 6.45) is 1.04. The van der Waals surface area contributed by atoms with Crippen molar-refractivity contribution in [1.29, 1.82) is 0 Å². The van der Waals surface area contributed by atoms with E-state index >= 15 is 0 Å². The molecule has 0 spiro atoms. The molecular formula is C16H22N2O4. The van der Waals surface area contributed by atoms with Gasteiger partial charge in [0.2, 0.25) is 5.75 Å². The molecule has 120 valence electrons. The topological polar surface area (TPSA) is 60.0 Å². The van der Waals surface area contributed by atoms with Crippen molar-refractivity contribution in [3.63, 3.8) is 0 Å². The highest BCUT2D eigenvalue weighted by molar-refractivity contribution is 5.95. The van der Waals surface area contributed by atoms with Crippen molar-refractivity contribution < 1.29 is 19.0 Å². The van der Waals surface area contributed by atoms with Gasteiger partial charge < -0.3 is 24.4 Å². The zero-order chi connectivity index (χ0) is 15.5. The van der Waals surface area contributed by atoms with Crippen LogP contribution in [-0.2, 0) is 0 Å². The molecular weight excluding hydrogens is 284 g/mol. The van der Waals surface area contributed by atoms with Crippen LogP contribution in [-0.4, -0.2) is 57.8 Å². The smallest absolute Gasteiger partial charge is 0.254 e. The van der Waals surface area contributed by atoms with Gasteiger partial charge in [0.1, 0.15) is 13.2 Å². The van der Waals surface area contributed by atoms with Crippen molar-refractivity contribution >= 4 is 5.91 Å². The molecule has 0 aliphatic carbocycles. The molecule has 1 unspecified atom stereocenters. The average Bonchev–Trinajstić information content (AvgIpc) is 3.02. The number of fused-ring (bicyclic) bond motifs is 1. The minimum atomic E-state index is 0.0221. The fraction of sp³-hybridized carbons (Fsp3) is 0.562. The third-order valence-electron chi connectivity index (χ3n) is 4.14. The molecule has 0 radical (unpaired) electrons. The molecule has 1 N–H and O–H groups in total. The van der Waals surface area contributed by atoms with Crippen LogP contribution < -0.4 is 19.5 Å². The van der Waals surface area contributed by atoms with Crippen molar-refractivity contribution in [2.24, 2.45) is 5.92 Å². The van der Waals surface area contributed by atoms with E-state index in [9.17, 15) is 4.79 Å². The van der Waals surface area contributed by atoms with E-state index in [1.165, 1.54) is 0 Å². The number of hydrogen-bond donors (Lipinski definition) is 1. The number of likely N-dealkylation sites (tertiary alicyclic amines) is 1.